The normalized spacial score (nSPS) is 9.50. The Balaban J connectivity index is 3.50. The van der Waals surface area contributed by atoms with E-state index in [1.807, 2.05) is 13.8 Å². The molecular formula is C6H10NO3-. The fourth-order valence-corrected chi connectivity index (χ4v) is 0.369. The van der Waals surface area contributed by atoms with Crippen LogP contribution in [0.1, 0.15) is 13.8 Å². The first kappa shape index (κ1) is 8.94. The fraction of sp³-hybridized carbons (Fsp3) is 0.667. The SMILES string of the molecule is CC(C)CNC(=O)C(=O)[O-]. The largest absolute Gasteiger partial charge is 0.540 e. The van der Waals surface area contributed by atoms with E-state index in [4.69, 9.17) is 0 Å². The molecule has 0 saturated heterocycles. The van der Waals surface area contributed by atoms with Gasteiger partial charge in [0.2, 0.25) is 0 Å². The van der Waals surface area contributed by atoms with Gasteiger partial charge in [-0.1, -0.05) is 13.8 Å². The molecule has 0 radical (unpaired) electrons. The number of hydrogen-bond donors (Lipinski definition) is 1. The topological polar surface area (TPSA) is 69.2 Å². The molecule has 0 saturated carbocycles. The molecule has 0 rings (SSSR count). The molecular weight excluding hydrogens is 134 g/mol. The Bertz CT molecular complexity index is 142. The zero-order chi connectivity index (χ0) is 8.15. The molecule has 0 spiro atoms. The van der Waals surface area contributed by atoms with E-state index < -0.39 is 11.9 Å². The zero-order valence-electron chi connectivity index (χ0n) is 6.01. The third-order valence-corrected chi connectivity index (χ3v) is 0.856. The highest BCUT2D eigenvalue weighted by Crippen LogP contribution is 1.85. The second kappa shape index (κ2) is 3.87. The van der Waals surface area contributed by atoms with E-state index in [1.54, 1.807) is 0 Å². The van der Waals surface area contributed by atoms with Crippen LogP contribution in [0.5, 0.6) is 0 Å². The van der Waals surface area contributed by atoms with Gasteiger partial charge in [0.15, 0.2) is 0 Å². The highest BCUT2D eigenvalue weighted by molar-refractivity contribution is 6.30. The highest BCUT2D eigenvalue weighted by Gasteiger charge is 2.00. The van der Waals surface area contributed by atoms with Crippen LogP contribution in [0.3, 0.4) is 0 Å². The number of carbonyl (C=O) groups is 2. The average Bonchev–Trinajstić information content (AvgIpc) is 1.82. The number of carboxylic acids is 1. The number of hydrogen-bond acceptors (Lipinski definition) is 3. The maximum absolute atomic E-state index is 10.3. The monoisotopic (exact) mass is 144 g/mol. The minimum atomic E-state index is -1.68. The van der Waals surface area contributed by atoms with Crippen LogP contribution in [0, 0.1) is 5.92 Å². The van der Waals surface area contributed by atoms with Crippen molar-refractivity contribution in [1.29, 1.82) is 0 Å². The minimum absolute atomic E-state index is 0.253. The third-order valence-electron chi connectivity index (χ3n) is 0.856. The lowest BCUT2D eigenvalue weighted by molar-refractivity contribution is -0.300. The molecule has 0 unspecified atom stereocenters. The molecule has 0 atom stereocenters. The fourth-order valence-electron chi connectivity index (χ4n) is 0.369. The first-order valence-corrected chi connectivity index (χ1v) is 3.03. The maximum Gasteiger partial charge on any atom is 0.266 e. The van der Waals surface area contributed by atoms with E-state index in [9.17, 15) is 14.7 Å². The molecule has 0 aromatic carbocycles. The molecule has 1 amide bonds. The second-order valence-electron chi connectivity index (χ2n) is 2.39. The highest BCUT2D eigenvalue weighted by atomic mass is 16.4. The average molecular weight is 144 g/mol. The quantitative estimate of drug-likeness (QED) is 0.480. The molecule has 0 aliphatic carbocycles. The number of amides is 1. The Morgan fingerprint density at radius 1 is 1.50 bits per heavy atom. The number of aliphatic carboxylic acids is 1. The number of nitrogens with one attached hydrogen (secondary N) is 1. The lowest BCUT2D eigenvalue weighted by Crippen LogP contribution is -2.42. The standard InChI is InChI=1S/C6H11NO3/c1-4(2)3-7-5(8)6(9)10/h4H,3H2,1-2H3,(H,7,8)(H,9,10)/p-1. The van der Waals surface area contributed by atoms with Gasteiger partial charge in [0.05, 0.1) is 0 Å². The molecule has 58 valence electrons. The second-order valence-corrected chi connectivity index (χ2v) is 2.39. The molecule has 4 heteroatoms. The van der Waals surface area contributed by atoms with Crippen LogP contribution in [-0.2, 0) is 9.59 Å². The predicted molar refractivity (Wildman–Crippen MR) is 32.9 cm³/mol. The zero-order valence-corrected chi connectivity index (χ0v) is 6.01. The predicted octanol–water partition coefficient (Wildman–Crippen LogP) is -1.49. The lowest BCUT2D eigenvalue weighted by Gasteiger charge is -2.06. The van der Waals surface area contributed by atoms with Crippen molar-refractivity contribution in [2.75, 3.05) is 6.54 Å². The van der Waals surface area contributed by atoms with Gasteiger partial charge in [0, 0.05) is 6.54 Å². The van der Waals surface area contributed by atoms with Crippen LogP contribution in [-0.4, -0.2) is 18.4 Å². The summed E-state index contributed by atoms with van der Waals surface area (Å²) >= 11 is 0. The number of carboxylic acid groups (broad SMARTS) is 1. The van der Waals surface area contributed by atoms with E-state index in [-0.39, 0.29) is 5.92 Å². The summed E-state index contributed by atoms with van der Waals surface area (Å²) in [5.41, 5.74) is 0. The summed E-state index contributed by atoms with van der Waals surface area (Å²) in [6, 6.07) is 0. The molecule has 0 aliphatic heterocycles. The van der Waals surface area contributed by atoms with Gasteiger partial charge in [-0.2, -0.15) is 0 Å². The molecule has 10 heavy (non-hydrogen) atoms. The maximum atomic E-state index is 10.3. The number of rotatable bonds is 2. The molecule has 1 N–H and O–H groups in total. The van der Waals surface area contributed by atoms with Gasteiger partial charge in [-0.25, -0.2) is 0 Å². The summed E-state index contributed by atoms with van der Waals surface area (Å²) in [6.45, 7) is 4.11. The van der Waals surface area contributed by atoms with E-state index in [0.717, 1.165) is 0 Å². The van der Waals surface area contributed by atoms with Gasteiger partial charge in [-0.15, -0.1) is 0 Å². The van der Waals surface area contributed by atoms with Gasteiger partial charge in [0.25, 0.3) is 5.91 Å². The van der Waals surface area contributed by atoms with Crippen molar-refractivity contribution in [3.63, 3.8) is 0 Å². The van der Waals surface area contributed by atoms with E-state index in [2.05, 4.69) is 5.32 Å². The third kappa shape index (κ3) is 3.88. The van der Waals surface area contributed by atoms with Crippen molar-refractivity contribution in [2.24, 2.45) is 5.92 Å². The summed E-state index contributed by atoms with van der Waals surface area (Å²) in [4.78, 5) is 20.1. The van der Waals surface area contributed by atoms with Crippen LogP contribution in [0.4, 0.5) is 0 Å². The van der Waals surface area contributed by atoms with Gasteiger partial charge in [-0.05, 0) is 5.92 Å². The van der Waals surface area contributed by atoms with Crippen molar-refractivity contribution in [1.82, 2.24) is 5.32 Å². The van der Waals surface area contributed by atoms with Crippen molar-refractivity contribution in [3.8, 4) is 0 Å². The summed E-state index contributed by atoms with van der Waals surface area (Å²) in [6.07, 6.45) is 0. The van der Waals surface area contributed by atoms with Crippen LogP contribution in [0.25, 0.3) is 0 Å². The van der Waals surface area contributed by atoms with Crippen molar-refractivity contribution < 1.29 is 14.7 Å². The first-order valence-electron chi connectivity index (χ1n) is 3.03. The van der Waals surface area contributed by atoms with Crippen LogP contribution < -0.4 is 10.4 Å². The Morgan fingerprint density at radius 2 is 2.00 bits per heavy atom. The molecule has 0 bridgehead atoms. The molecule has 0 fully saturated rings. The smallest absolute Gasteiger partial charge is 0.266 e. The van der Waals surface area contributed by atoms with Crippen LogP contribution in [0.2, 0.25) is 0 Å². The lowest BCUT2D eigenvalue weighted by atomic mass is 10.2. The Kier molecular flexibility index (Phi) is 3.46. The van der Waals surface area contributed by atoms with Crippen molar-refractivity contribution in [2.45, 2.75) is 13.8 Å². The summed E-state index contributed by atoms with van der Waals surface area (Å²) < 4.78 is 0. The first-order chi connectivity index (χ1) is 4.54. The Morgan fingerprint density at radius 3 is 2.30 bits per heavy atom. The van der Waals surface area contributed by atoms with Gasteiger partial charge >= 0.3 is 0 Å². The van der Waals surface area contributed by atoms with Gasteiger partial charge in [0.1, 0.15) is 5.97 Å². The van der Waals surface area contributed by atoms with Crippen molar-refractivity contribution >= 4 is 11.9 Å². The molecule has 0 aliphatic rings. The van der Waals surface area contributed by atoms with E-state index in [1.165, 1.54) is 0 Å². The molecule has 0 aromatic rings. The van der Waals surface area contributed by atoms with Crippen LogP contribution in [0.15, 0.2) is 0 Å². The molecule has 4 nitrogen and oxygen atoms in total. The van der Waals surface area contributed by atoms with Gasteiger partial charge < -0.3 is 15.2 Å². The number of carbonyl (C=O) groups excluding carboxylic acids is 2. The summed E-state index contributed by atoms with van der Waals surface area (Å²) in [5.74, 6) is -2.47. The molecule has 0 aromatic heterocycles. The van der Waals surface area contributed by atoms with E-state index in [0.29, 0.717) is 6.54 Å². The Labute approximate surface area is 59.2 Å². The van der Waals surface area contributed by atoms with Crippen LogP contribution >= 0.6 is 0 Å². The summed E-state index contributed by atoms with van der Waals surface area (Å²) in [7, 11) is 0. The minimum Gasteiger partial charge on any atom is -0.540 e. The summed E-state index contributed by atoms with van der Waals surface area (Å²) in [5, 5.41) is 12.0. The Hall–Kier alpha value is -1.06. The van der Waals surface area contributed by atoms with Gasteiger partial charge in [-0.3, -0.25) is 4.79 Å². The van der Waals surface area contributed by atoms with Crippen molar-refractivity contribution in [3.05, 3.63) is 0 Å². The van der Waals surface area contributed by atoms with E-state index >= 15 is 0 Å². The molecule has 0 heterocycles.